The fourth-order valence-electron chi connectivity index (χ4n) is 1.47. The Morgan fingerprint density at radius 1 is 1.07 bits per heavy atom. The van der Waals surface area contributed by atoms with E-state index in [1.165, 1.54) is 6.07 Å². The van der Waals surface area contributed by atoms with Crippen LogP contribution >= 0.6 is 22.6 Å². The van der Waals surface area contributed by atoms with Crippen LogP contribution in [0.3, 0.4) is 0 Å². The second kappa shape index (κ2) is 3.66. The molecule has 0 amide bonds. The van der Waals surface area contributed by atoms with Crippen molar-refractivity contribution in [2.45, 2.75) is 20.8 Å². The molecule has 0 bridgehead atoms. The predicted molar refractivity (Wildman–Crippen MR) is 66.4 cm³/mol. The summed E-state index contributed by atoms with van der Waals surface area (Å²) < 4.78 is 14.0. The van der Waals surface area contributed by atoms with Gasteiger partial charge in [0.25, 0.3) is 0 Å². The average molecular weight is 316 g/mol. The van der Waals surface area contributed by atoms with Gasteiger partial charge >= 0.3 is 0 Å². The highest BCUT2D eigenvalue weighted by Gasteiger charge is 2.11. The van der Waals surface area contributed by atoms with Gasteiger partial charge in [0.1, 0.15) is 11.3 Å². The van der Waals surface area contributed by atoms with Crippen molar-refractivity contribution in [3.8, 4) is 0 Å². The summed E-state index contributed by atoms with van der Waals surface area (Å²) in [5, 5.41) is 0. The van der Waals surface area contributed by atoms with Gasteiger partial charge in [-0.25, -0.2) is 14.4 Å². The molecule has 0 saturated heterocycles. The van der Waals surface area contributed by atoms with E-state index in [0.29, 0.717) is 9.09 Å². The van der Waals surface area contributed by atoms with Crippen molar-refractivity contribution in [2.75, 3.05) is 0 Å². The monoisotopic (exact) mass is 316 g/mol. The molecular formula is C11H10FIN2. The van der Waals surface area contributed by atoms with Gasteiger partial charge in [0, 0.05) is 0 Å². The van der Waals surface area contributed by atoms with Crippen LogP contribution in [0.25, 0.3) is 11.0 Å². The maximum atomic E-state index is 13.5. The van der Waals surface area contributed by atoms with Gasteiger partial charge < -0.3 is 0 Å². The van der Waals surface area contributed by atoms with E-state index in [1.807, 2.05) is 43.4 Å². The van der Waals surface area contributed by atoms with Gasteiger partial charge in [-0.2, -0.15) is 0 Å². The number of hydrogen-bond acceptors (Lipinski definition) is 2. The fraction of sp³-hybridized carbons (Fsp3) is 0.273. The molecule has 0 N–H and O–H groups in total. The van der Waals surface area contributed by atoms with E-state index in [-0.39, 0.29) is 5.82 Å². The highest BCUT2D eigenvalue weighted by atomic mass is 127. The average Bonchev–Trinajstić information content (AvgIpc) is 2.18. The van der Waals surface area contributed by atoms with Crippen LogP contribution in [0.2, 0.25) is 0 Å². The first-order valence-corrected chi connectivity index (χ1v) is 5.68. The Morgan fingerprint density at radius 3 is 2.20 bits per heavy atom. The molecule has 1 heterocycles. The summed E-state index contributed by atoms with van der Waals surface area (Å²) in [7, 11) is 0. The zero-order valence-corrected chi connectivity index (χ0v) is 10.9. The summed E-state index contributed by atoms with van der Waals surface area (Å²) in [6, 6.07) is 1.51. The summed E-state index contributed by atoms with van der Waals surface area (Å²) in [4.78, 5) is 8.83. The van der Waals surface area contributed by atoms with Crippen LogP contribution in [0.5, 0.6) is 0 Å². The fourth-order valence-corrected chi connectivity index (χ4v) is 2.00. The van der Waals surface area contributed by atoms with Crippen LogP contribution in [0.1, 0.15) is 17.0 Å². The smallest absolute Gasteiger partial charge is 0.139 e. The molecule has 0 radical (unpaired) electrons. The van der Waals surface area contributed by atoms with Crippen molar-refractivity contribution in [1.29, 1.82) is 0 Å². The number of aromatic nitrogens is 2. The molecule has 4 heteroatoms. The van der Waals surface area contributed by atoms with Crippen LogP contribution < -0.4 is 0 Å². The third kappa shape index (κ3) is 1.71. The first-order chi connectivity index (χ1) is 7.00. The van der Waals surface area contributed by atoms with E-state index in [4.69, 9.17) is 0 Å². The number of benzene rings is 1. The Morgan fingerprint density at radius 2 is 1.60 bits per heavy atom. The van der Waals surface area contributed by atoms with Crippen molar-refractivity contribution in [1.82, 2.24) is 9.97 Å². The van der Waals surface area contributed by atoms with E-state index in [0.717, 1.165) is 22.5 Å². The molecule has 0 fully saturated rings. The molecule has 2 rings (SSSR count). The van der Waals surface area contributed by atoms with Crippen LogP contribution in [-0.4, -0.2) is 9.97 Å². The Bertz CT molecular complexity index is 552. The first kappa shape index (κ1) is 10.7. The molecule has 1 aromatic carbocycles. The summed E-state index contributed by atoms with van der Waals surface area (Å²) in [6.45, 7) is 5.65. The number of fused-ring (bicyclic) bond motifs is 1. The van der Waals surface area contributed by atoms with E-state index in [9.17, 15) is 4.39 Å². The van der Waals surface area contributed by atoms with Gasteiger partial charge in [0.2, 0.25) is 0 Å². The molecule has 2 nitrogen and oxygen atoms in total. The number of nitrogens with zero attached hydrogens (tertiary/aromatic N) is 2. The summed E-state index contributed by atoms with van der Waals surface area (Å²) in [5.74, 6) is -0.224. The van der Waals surface area contributed by atoms with Crippen LogP contribution in [0.15, 0.2) is 6.07 Å². The van der Waals surface area contributed by atoms with Gasteiger partial charge in [-0.15, -0.1) is 0 Å². The van der Waals surface area contributed by atoms with Gasteiger partial charge in [-0.3, -0.25) is 0 Å². The zero-order valence-electron chi connectivity index (χ0n) is 8.73. The lowest BCUT2D eigenvalue weighted by Gasteiger charge is -2.07. The zero-order chi connectivity index (χ0) is 11.2. The topological polar surface area (TPSA) is 25.8 Å². The maximum absolute atomic E-state index is 13.5. The third-order valence-electron chi connectivity index (χ3n) is 2.44. The predicted octanol–water partition coefficient (Wildman–Crippen LogP) is 3.30. The van der Waals surface area contributed by atoms with Crippen molar-refractivity contribution in [3.05, 3.63) is 32.4 Å². The molecule has 0 saturated carbocycles. The molecule has 0 aliphatic heterocycles. The quantitative estimate of drug-likeness (QED) is 0.697. The molecule has 15 heavy (non-hydrogen) atoms. The number of aryl methyl sites for hydroxylation is 3. The summed E-state index contributed by atoms with van der Waals surface area (Å²) in [6.07, 6.45) is 0. The van der Waals surface area contributed by atoms with E-state index in [2.05, 4.69) is 9.97 Å². The van der Waals surface area contributed by atoms with Gasteiger partial charge in [-0.1, -0.05) is 0 Å². The van der Waals surface area contributed by atoms with Crippen molar-refractivity contribution < 1.29 is 4.39 Å². The molecule has 78 valence electrons. The Balaban J connectivity index is 2.97. The Labute approximate surface area is 101 Å². The Hall–Kier alpha value is -0.780. The SMILES string of the molecule is Cc1nc2c(C)cc(F)c(I)c2nc1C. The lowest BCUT2D eigenvalue weighted by Crippen LogP contribution is -1.99. The molecule has 0 spiro atoms. The first-order valence-electron chi connectivity index (χ1n) is 4.60. The highest BCUT2D eigenvalue weighted by Crippen LogP contribution is 2.24. The Kier molecular flexibility index (Phi) is 2.62. The maximum Gasteiger partial charge on any atom is 0.139 e. The third-order valence-corrected chi connectivity index (χ3v) is 3.47. The number of halogens is 2. The molecule has 1 aromatic heterocycles. The lowest BCUT2D eigenvalue weighted by molar-refractivity contribution is 0.621. The highest BCUT2D eigenvalue weighted by molar-refractivity contribution is 14.1. The van der Waals surface area contributed by atoms with Crippen LogP contribution in [0, 0.1) is 30.2 Å². The molecule has 2 aromatic rings. The normalized spacial score (nSPS) is 11.0. The van der Waals surface area contributed by atoms with E-state index < -0.39 is 0 Å². The second-order valence-electron chi connectivity index (χ2n) is 3.58. The van der Waals surface area contributed by atoms with Crippen molar-refractivity contribution in [2.24, 2.45) is 0 Å². The molecule has 0 unspecified atom stereocenters. The summed E-state index contributed by atoms with van der Waals surface area (Å²) in [5.41, 5.74) is 4.04. The van der Waals surface area contributed by atoms with E-state index in [1.54, 1.807) is 0 Å². The molecular weight excluding hydrogens is 306 g/mol. The van der Waals surface area contributed by atoms with Crippen molar-refractivity contribution in [3.63, 3.8) is 0 Å². The molecule has 0 aliphatic rings. The van der Waals surface area contributed by atoms with Gasteiger partial charge in [0.05, 0.1) is 20.5 Å². The minimum Gasteiger partial charge on any atom is -0.249 e. The van der Waals surface area contributed by atoms with Gasteiger partial charge in [0.15, 0.2) is 0 Å². The largest absolute Gasteiger partial charge is 0.249 e. The molecule has 0 aliphatic carbocycles. The number of rotatable bonds is 0. The molecule has 0 atom stereocenters. The standard InChI is InChI=1S/C11H10FIN2/c1-5-4-8(12)9(13)11-10(5)14-6(2)7(3)15-11/h4H,1-3H3. The van der Waals surface area contributed by atoms with Crippen molar-refractivity contribution >= 4 is 33.6 Å². The van der Waals surface area contributed by atoms with Crippen LogP contribution in [0.4, 0.5) is 4.39 Å². The van der Waals surface area contributed by atoms with Gasteiger partial charge in [-0.05, 0) is 55.0 Å². The minimum atomic E-state index is -0.224. The summed E-state index contributed by atoms with van der Waals surface area (Å²) >= 11 is 1.97. The second-order valence-corrected chi connectivity index (χ2v) is 4.66. The van der Waals surface area contributed by atoms with Crippen LogP contribution in [-0.2, 0) is 0 Å². The number of hydrogen-bond donors (Lipinski definition) is 0. The van der Waals surface area contributed by atoms with E-state index >= 15 is 0 Å². The lowest BCUT2D eigenvalue weighted by atomic mass is 10.2. The minimum absolute atomic E-state index is 0.224.